The number of benzene rings is 1. The van der Waals surface area contributed by atoms with E-state index in [-0.39, 0.29) is 29.6 Å². The Morgan fingerprint density at radius 1 is 1.11 bits per heavy atom. The number of amides is 1. The summed E-state index contributed by atoms with van der Waals surface area (Å²) in [7, 11) is -3.79. The fourth-order valence-electron chi connectivity index (χ4n) is 3.94. The van der Waals surface area contributed by atoms with Gasteiger partial charge in [0.1, 0.15) is 10.6 Å². The van der Waals surface area contributed by atoms with Crippen molar-refractivity contribution in [2.24, 2.45) is 0 Å². The zero-order chi connectivity index (χ0) is 19.9. The zero-order valence-electron chi connectivity index (χ0n) is 15.8. The first kappa shape index (κ1) is 19.4. The maximum absolute atomic E-state index is 13.0. The summed E-state index contributed by atoms with van der Waals surface area (Å²) in [5.74, 6) is -0.233. The Labute approximate surface area is 169 Å². The maximum Gasteiger partial charge on any atom is 0.255 e. The molecule has 1 aromatic heterocycles. The van der Waals surface area contributed by atoms with Crippen LogP contribution in [0.2, 0.25) is 0 Å². The van der Waals surface area contributed by atoms with E-state index in [0.717, 1.165) is 30.4 Å². The Hall–Kier alpha value is -1.90. The van der Waals surface area contributed by atoms with Gasteiger partial charge < -0.3 is 10.0 Å². The molecule has 2 aromatic rings. The Kier molecular flexibility index (Phi) is 5.20. The summed E-state index contributed by atoms with van der Waals surface area (Å²) in [5, 5.41) is 12.0. The topological polar surface area (TPSA) is 77.9 Å². The molecule has 28 heavy (non-hydrogen) atoms. The monoisotopic (exact) mass is 420 g/mol. The molecule has 0 spiro atoms. The number of carbonyl (C=O) groups excluding carboxylic acids is 1. The van der Waals surface area contributed by atoms with E-state index < -0.39 is 10.0 Å². The lowest BCUT2D eigenvalue weighted by atomic mass is 9.95. The van der Waals surface area contributed by atoms with Crippen LogP contribution in [0.5, 0.6) is 5.75 Å². The van der Waals surface area contributed by atoms with Gasteiger partial charge >= 0.3 is 0 Å². The largest absolute Gasteiger partial charge is 0.507 e. The second-order valence-corrected chi connectivity index (χ2v) is 10.3. The molecule has 0 atom stereocenters. The average molecular weight is 421 g/mol. The lowest BCUT2D eigenvalue weighted by Gasteiger charge is -2.34. The molecule has 2 heterocycles. The molecular weight excluding hydrogens is 396 g/mol. The first-order chi connectivity index (χ1) is 13.4. The highest BCUT2D eigenvalue weighted by Gasteiger charge is 2.33. The molecule has 0 unspecified atom stereocenters. The van der Waals surface area contributed by atoms with E-state index in [1.807, 2.05) is 5.38 Å². The molecule has 1 aliphatic heterocycles. The second-order valence-electron chi connectivity index (χ2n) is 7.43. The predicted molar refractivity (Wildman–Crippen MR) is 108 cm³/mol. The molecule has 8 heteroatoms. The number of piperazine rings is 1. The Balaban J connectivity index is 1.48. The Bertz CT molecular complexity index is 1010. The lowest BCUT2D eigenvalue weighted by Crippen LogP contribution is -2.50. The van der Waals surface area contributed by atoms with Gasteiger partial charge in [-0.2, -0.15) is 4.31 Å². The molecule has 1 amide bonds. The summed E-state index contributed by atoms with van der Waals surface area (Å²) in [5.41, 5.74) is 2.76. The highest BCUT2D eigenvalue weighted by molar-refractivity contribution is 7.89. The summed E-state index contributed by atoms with van der Waals surface area (Å²) in [6, 6.07) is 4.56. The van der Waals surface area contributed by atoms with Crippen LogP contribution in [0.3, 0.4) is 0 Å². The third-order valence-corrected chi connectivity index (χ3v) is 8.57. The molecule has 0 saturated carbocycles. The first-order valence-corrected chi connectivity index (χ1v) is 11.9. The minimum absolute atomic E-state index is 0.00912. The molecule has 1 aliphatic carbocycles. The van der Waals surface area contributed by atoms with Gasteiger partial charge in [0.15, 0.2) is 0 Å². The van der Waals surface area contributed by atoms with E-state index in [2.05, 4.69) is 0 Å². The second kappa shape index (κ2) is 7.50. The zero-order valence-corrected chi connectivity index (χ0v) is 17.5. The molecule has 1 aromatic carbocycles. The van der Waals surface area contributed by atoms with Crippen molar-refractivity contribution in [3.05, 3.63) is 45.1 Å². The van der Waals surface area contributed by atoms with E-state index in [9.17, 15) is 18.3 Å². The minimum atomic E-state index is -3.79. The number of thiophene rings is 1. The van der Waals surface area contributed by atoms with Crippen molar-refractivity contribution >= 4 is 27.3 Å². The van der Waals surface area contributed by atoms with Crippen LogP contribution in [-0.4, -0.2) is 54.8 Å². The number of aryl methyl sites for hydroxylation is 2. The van der Waals surface area contributed by atoms with Gasteiger partial charge in [-0.3, -0.25) is 4.79 Å². The van der Waals surface area contributed by atoms with E-state index in [1.165, 1.54) is 33.3 Å². The van der Waals surface area contributed by atoms with E-state index in [0.29, 0.717) is 13.1 Å². The normalized spacial score (nSPS) is 18.1. The third kappa shape index (κ3) is 3.44. The lowest BCUT2D eigenvalue weighted by molar-refractivity contribution is 0.0697. The molecule has 1 saturated heterocycles. The average Bonchev–Trinajstić information content (AvgIpc) is 3.13. The van der Waals surface area contributed by atoms with Crippen molar-refractivity contribution < 1.29 is 18.3 Å². The fraction of sp³-hybridized carbons (Fsp3) is 0.450. The van der Waals surface area contributed by atoms with Gasteiger partial charge in [-0.25, -0.2) is 8.42 Å². The van der Waals surface area contributed by atoms with Gasteiger partial charge in [0.05, 0.1) is 5.56 Å². The third-order valence-electron chi connectivity index (χ3n) is 5.55. The van der Waals surface area contributed by atoms with Crippen LogP contribution < -0.4 is 0 Å². The number of hydrogen-bond donors (Lipinski definition) is 1. The summed E-state index contributed by atoms with van der Waals surface area (Å²) in [4.78, 5) is 16.0. The fourth-order valence-corrected chi connectivity index (χ4v) is 6.65. The molecule has 150 valence electrons. The summed E-state index contributed by atoms with van der Waals surface area (Å²) >= 11 is 1.67. The molecule has 1 N–H and O–H groups in total. The molecule has 0 bridgehead atoms. The number of phenolic OH excluding ortho intramolecular Hbond substituents is 1. The first-order valence-electron chi connectivity index (χ1n) is 9.56. The van der Waals surface area contributed by atoms with Crippen LogP contribution in [0.1, 0.15) is 39.2 Å². The van der Waals surface area contributed by atoms with Gasteiger partial charge in [0.2, 0.25) is 10.0 Å². The highest BCUT2D eigenvalue weighted by atomic mass is 32.2. The van der Waals surface area contributed by atoms with Crippen molar-refractivity contribution in [2.45, 2.75) is 37.5 Å². The van der Waals surface area contributed by atoms with Crippen molar-refractivity contribution in [2.75, 3.05) is 26.2 Å². The van der Waals surface area contributed by atoms with Crippen molar-refractivity contribution in [3.63, 3.8) is 0 Å². The number of sulfonamides is 1. The molecule has 4 rings (SSSR count). The number of nitrogens with zero attached hydrogens (tertiary/aromatic N) is 2. The van der Waals surface area contributed by atoms with E-state index in [4.69, 9.17) is 0 Å². The quantitative estimate of drug-likeness (QED) is 0.828. The number of aromatic hydroxyl groups is 1. The number of hydrogen-bond acceptors (Lipinski definition) is 5. The van der Waals surface area contributed by atoms with Crippen LogP contribution in [0.15, 0.2) is 28.5 Å². The van der Waals surface area contributed by atoms with Gasteiger partial charge in [0.25, 0.3) is 5.91 Å². The van der Waals surface area contributed by atoms with Crippen molar-refractivity contribution in [1.29, 1.82) is 0 Å². The van der Waals surface area contributed by atoms with Crippen LogP contribution in [0.4, 0.5) is 0 Å². The molecule has 2 aliphatic rings. The molecule has 0 radical (unpaired) electrons. The SMILES string of the molecule is Cc1ccc(O)c(S(=O)(=O)N2CCN(C(=O)c3csc4c3CCCC4)CC2)c1. The molecular formula is C20H24N2O4S2. The van der Waals surface area contributed by atoms with Crippen LogP contribution >= 0.6 is 11.3 Å². The van der Waals surface area contributed by atoms with Crippen molar-refractivity contribution in [1.82, 2.24) is 9.21 Å². The van der Waals surface area contributed by atoms with Gasteiger partial charge in [-0.15, -0.1) is 11.3 Å². The summed E-state index contributed by atoms with van der Waals surface area (Å²) < 4.78 is 27.2. The smallest absolute Gasteiger partial charge is 0.255 e. The number of rotatable bonds is 3. The van der Waals surface area contributed by atoms with E-state index in [1.54, 1.807) is 29.2 Å². The number of fused-ring (bicyclic) bond motifs is 1. The Morgan fingerprint density at radius 2 is 1.82 bits per heavy atom. The summed E-state index contributed by atoms with van der Waals surface area (Å²) in [6.07, 6.45) is 4.32. The molecule has 1 fully saturated rings. The minimum Gasteiger partial charge on any atom is -0.507 e. The van der Waals surface area contributed by atoms with Gasteiger partial charge in [-0.1, -0.05) is 6.07 Å². The standard InChI is InChI=1S/C20H24N2O4S2/c1-14-6-7-17(23)19(12-14)28(25,26)22-10-8-21(9-11-22)20(24)16-13-27-18-5-3-2-4-15(16)18/h6-7,12-13,23H,2-5,8-11H2,1H3. The van der Waals surface area contributed by atoms with Crippen molar-refractivity contribution in [3.8, 4) is 5.75 Å². The summed E-state index contributed by atoms with van der Waals surface area (Å²) in [6.45, 7) is 2.96. The predicted octanol–water partition coefficient (Wildman–Crippen LogP) is 2.79. The van der Waals surface area contributed by atoms with Crippen LogP contribution in [0, 0.1) is 6.92 Å². The maximum atomic E-state index is 13.0. The van der Waals surface area contributed by atoms with Crippen LogP contribution in [-0.2, 0) is 22.9 Å². The van der Waals surface area contributed by atoms with Crippen LogP contribution in [0.25, 0.3) is 0 Å². The number of phenols is 1. The van der Waals surface area contributed by atoms with Gasteiger partial charge in [0, 0.05) is 36.4 Å². The number of carbonyl (C=O) groups is 1. The van der Waals surface area contributed by atoms with Gasteiger partial charge in [-0.05, 0) is 55.9 Å². The van der Waals surface area contributed by atoms with E-state index >= 15 is 0 Å². The Morgan fingerprint density at radius 3 is 2.57 bits per heavy atom. The molecule has 6 nitrogen and oxygen atoms in total. The highest BCUT2D eigenvalue weighted by Crippen LogP contribution is 2.32.